The molecule has 0 saturated carbocycles. The molecule has 0 unspecified atom stereocenters. The van der Waals surface area contributed by atoms with Gasteiger partial charge in [0.15, 0.2) is 0 Å². The highest BCUT2D eigenvalue weighted by Crippen LogP contribution is 2.32. The van der Waals surface area contributed by atoms with Gasteiger partial charge in [-0.05, 0) is 26.7 Å². The van der Waals surface area contributed by atoms with Gasteiger partial charge in [0.2, 0.25) is 0 Å². The van der Waals surface area contributed by atoms with Gasteiger partial charge in [0.25, 0.3) is 0 Å². The van der Waals surface area contributed by atoms with Crippen molar-refractivity contribution < 1.29 is 0 Å². The Labute approximate surface area is 57.4 Å². The minimum absolute atomic E-state index is 0.358. The molecule has 0 spiro atoms. The van der Waals surface area contributed by atoms with Crippen molar-refractivity contribution in [1.29, 1.82) is 0 Å². The van der Waals surface area contributed by atoms with Crippen molar-refractivity contribution in [3.8, 4) is 0 Å². The van der Waals surface area contributed by atoms with Crippen LogP contribution in [-0.2, 0) is 0 Å². The van der Waals surface area contributed by atoms with Crippen LogP contribution in [0.1, 0.15) is 26.7 Å². The molecule has 52 valence electrons. The Bertz CT molecular complexity index is 136. The quantitative estimate of drug-likeness (QED) is 0.478. The maximum absolute atomic E-state index is 3.96. The summed E-state index contributed by atoms with van der Waals surface area (Å²) in [5.41, 5.74) is 1.64. The number of hydrogen-bond donors (Lipinski definition) is 0. The van der Waals surface area contributed by atoms with Crippen molar-refractivity contribution in [3.63, 3.8) is 0 Å². The molecule has 0 N–H and O–H groups in total. The summed E-state index contributed by atoms with van der Waals surface area (Å²) in [6.07, 6.45) is 2.42. The van der Waals surface area contributed by atoms with Crippen LogP contribution in [-0.4, -0.2) is 17.5 Å². The molecule has 1 heterocycles. The van der Waals surface area contributed by atoms with Crippen LogP contribution in [0.3, 0.4) is 0 Å². The Morgan fingerprint density at radius 2 is 2.11 bits per heavy atom. The lowest BCUT2D eigenvalue weighted by Crippen LogP contribution is -2.33. The van der Waals surface area contributed by atoms with E-state index in [9.17, 15) is 0 Å². The molecule has 0 aromatic heterocycles. The molecule has 0 aliphatic carbocycles. The Kier molecular flexibility index (Phi) is 1.30. The molecular formula is C8H15N. The molecule has 9 heavy (non-hydrogen) atoms. The maximum Gasteiger partial charge on any atom is 0.0343 e. The third-order valence-corrected chi connectivity index (χ3v) is 2.41. The van der Waals surface area contributed by atoms with Crippen LogP contribution < -0.4 is 0 Å². The van der Waals surface area contributed by atoms with Gasteiger partial charge in [0, 0.05) is 18.3 Å². The van der Waals surface area contributed by atoms with Gasteiger partial charge < -0.3 is 4.90 Å². The number of allylic oxidation sites excluding steroid dienone is 1. The number of hydrogen-bond acceptors (Lipinski definition) is 1. The largest absolute Gasteiger partial charge is 0.373 e. The van der Waals surface area contributed by atoms with Crippen molar-refractivity contribution in [1.82, 2.24) is 4.90 Å². The topological polar surface area (TPSA) is 3.24 Å². The van der Waals surface area contributed by atoms with Crippen molar-refractivity contribution in [2.45, 2.75) is 32.2 Å². The Hall–Kier alpha value is -0.460. The van der Waals surface area contributed by atoms with Crippen LogP contribution >= 0.6 is 0 Å². The highest BCUT2D eigenvalue weighted by Gasteiger charge is 2.30. The van der Waals surface area contributed by atoms with E-state index in [0.717, 1.165) is 0 Å². The fourth-order valence-electron chi connectivity index (χ4n) is 1.21. The SMILES string of the molecule is C=C1CCC(C)(C)N1C. The monoisotopic (exact) mass is 125 g/mol. The maximum atomic E-state index is 3.96. The summed E-state index contributed by atoms with van der Waals surface area (Å²) < 4.78 is 0. The van der Waals surface area contributed by atoms with Gasteiger partial charge in [0.1, 0.15) is 0 Å². The van der Waals surface area contributed by atoms with Gasteiger partial charge in [-0.15, -0.1) is 0 Å². The fourth-order valence-corrected chi connectivity index (χ4v) is 1.21. The van der Waals surface area contributed by atoms with Crippen LogP contribution in [0.15, 0.2) is 12.3 Å². The van der Waals surface area contributed by atoms with E-state index in [1.54, 1.807) is 0 Å². The smallest absolute Gasteiger partial charge is 0.0343 e. The molecule has 0 amide bonds. The van der Waals surface area contributed by atoms with Crippen molar-refractivity contribution in [3.05, 3.63) is 12.3 Å². The molecule has 0 aromatic rings. The van der Waals surface area contributed by atoms with E-state index >= 15 is 0 Å². The molecule has 1 fully saturated rings. The summed E-state index contributed by atoms with van der Waals surface area (Å²) in [7, 11) is 2.12. The second kappa shape index (κ2) is 1.76. The van der Waals surface area contributed by atoms with Crippen LogP contribution in [0.2, 0.25) is 0 Å². The molecule has 0 aromatic carbocycles. The summed E-state index contributed by atoms with van der Waals surface area (Å²) in [5.74, 6) is 0. The van der Waals surface area contributed by atoms with Gasteiger partial charge in [-0.25, -0.2) is 0 Å². The Morgan fingerprint density at radius 3 is 2.22 bits per heavy atom. The average molecular weight is 125 g/mol. The third kappa shape index (κ3) is 0.958. The molecule has 1 aliphatic rings. The first-order valence-corrected chi connectivity index (χ1v) is 3.46. The van der Waals surface area contributed by atoms with Crippen LogP contribution in [0.5, 0.6) is 0 Å². The van der Waals surface area contributed by atoms with Gasteiger partial charge in [0.05, 0.1) is 0 Å². The summed E-state index contributed by atoms with van der Waals surface area (Å²) in [6.45, 7) is 8.47. The van der Waals surface area contributed by atoms with E-state index in [4.69, 9.17) is 0 Å². The molecule has 1 nitrogen and oxygen atoms in total. The van der Waals surface area contributed by atoms with E-state index < -0.39 is 0 Å². The van der Waals surface area contributed by atoms with E-state index in [0.29, 0.717) is 5.54 Å². The van der Waals surface area contributed by atoms with E-state index in [1.165, 1.54) is 18.5 Å². The summed E-state index contributed by atoms with van der Waals surface area (Å²) in [4.78, 5) is 2.27. The number of likely N-dealkylation sites (tertiary alicyclic amines) is 1. The molecule has 0 bridgehead atoms. The molecular weight excluding hydrogens is 110 g/mol. The molecule has 0 radical (unpaired) electrons. The standard InChI is InChI=1S/C8H15N/c1-7-5-6-8(2,3)9(7)4/h1,5-6H2,2-4H3. The second-order valence-corrected chi connectivity index (χ2v) is 3.44. The minimum Gasteiger partial charge on any atom is -0.373 e. The summed E-state index contributed by atoms with van der Waals surface area (Å²) in [6, 6.07) is 0. The van der Waals surface area contributed by atoms with Crippen LogP contribution in [0.25, 0.3) is 0 Å². The predicted molar refractivity (Wildman–Crippen MR) is 40.2 cm³/mol. The third-order valence-electron chi connectivity index (χ3n) is 2.41. The van der Waals surface area contributed by atoms with E-state index in [2.05, 4.69) is 32.4 Å². The lowest BCUT2D eigenvalue weighted by Gasteiger charge is -2.29. The van der Waals surface area contributed by atoms with Crippen LogP contribution in [0, 0.1) is 0 Å². The molecule has 0 atom stereocenters. The highest BCUT2D eigenvalue weighted by atomic mass is 15.2. The fraction of sp³-hybridized carbons (Fsp3) is 0.750. The summed E-state index contributed by atoms with van der Waals surface area (Å²) in [5, 5.41) is 0. The normalized spacial score (nSPS) is 25.2. The zero-order chi connectivity index (χ0) is 7.07. The number of nitrogens with zero attached hydrogens (tertiary/aromatic N) is 1. The predicted octanol–water partition coefficient (Wildman–Crippen LogP) is 2.00. The zero-order valence-electron chi connectivity index (χ0n) is 6.57. The molecule has 1 rings (SSSR count). The first-order chi connectivity index (χ1) is 4.04. The number of rotatable bonds is 0. The molecule has 1 saturated heterocycles. The highest BCUT2D eigenvalue weighted by molar-refractivity contribution is 5.06. The van der Waals surface area contributed by atoms with E-state index in [1.807, 2.05) is 0 Å². The van der Waals surface area contributed by atoms with Crippen molar-refractivity contribution in [2.75, 3.05) is 7.05 Å². The average Bonchev–Trinajstić information content (AvgIpc) is 1.97. The van der Waals surface area contributed by atoms with Gasteiger partial charge >= 0.3 is 0 Å². The first kappa shape index (κ1) is 6.66. The van der Waals surface area contributed by atoms with Gasteiger partial charge in [-0.2, -0.15) is 0 Å². The Morgan fingerprint density at radius 1 is 1.56 bits per heavy atom. The Balaban J connectivity index is 2.73. The molecule has 1 aliphatic heterocycles. The van der Waals surface area contributed by atoms with Crippen LogP contribution in [0.4, 0.5) is 0 Å². The van der Waals surface area contributed by atoms with Gasteiger partial charge in [-0.3, -0.25) is 0 Å². The van der Waals surface area contributed by atoms with Crippen molar-refractivity contribution >= 4 is 0 Å². The first-order valence-electron chi connectivity index (χ1n) is 3.46. The summed E-state index contributed by atoms with van der Waals surface area (Å²) >= 11 is 0. The molecule has 1 heteroatoms. The second-order valence-electron chi connectivity index (χ2n) is 3.44. The minimum atomic E-state index is 0.358. The lowest BCUT2D eigenvalue weighted by atomic mass is 10.0. The zero-order valence-corrected chi connectivity index (χ0v) is 6.57. The lowest BCUT2D eigenvalue weighted by molar-refractivity contribution is 0.249. The van der Waals surface area contributed by atoms with E-state index in [-0.39, 0.29) is 0 Å². The van der Waals surface area contributed by atoms with Gasteiger partial charge in [-0.1, -0.05) is 6.58 Å². The van der Waals surface area contributed by atoms with Crippen molar-refractivity contribution in [2.24, 2.45) is 0 Å².